The van der Waals surface area contributed by atoms with Gasteiger partial charge in [-0.2, -0.15) is 0 Å². The zero-order chi connectivity index (χ0) is 10.8. The van der Waals surface area contributed by atoms with E-state index in [0.717, 1.165) is 22.4 Å². The topological polar surface area (TPSA) is 41.6 Å². The van der Waals surface area contributed by atoms with Gasteiger partial charge in [-0.15, -0.1) is 0 Å². The molecule has 0 saturated heterocycles. The number of nitrogens with one attached hydrogen (secondary N) is 1. The molecule has 0 aliphatic carbocycles. The second-order valence-electron chi connectivity index (χ2n) is 3.50. The number of rotatable bonds is 1. The summed E-state index contributed by atoms with van der Waals surface area (Å²) in [4.78, 5) is 11.3. The van der Waals surface area contributed by atoms with Crippen LogP contribution in [0.4, 0.5) is 0 Å². The van der Waals surface area contributed by atoms with Crippen molar-refractivity contribution in [2.45, 2.75) is 13.8 Å². The van der Waals surface area contributed by atoms with Crippen LogP contribution in [0.15, 0.2) is 24.7 Å². The molecule has 4 heteroatoms. The van der Waals surface area contributed by atoms with Crippen LogP contribution in [0.3, 0.4) is 0 Å². The number of aromatic nitrogens is 3. The van der Waals surface area contributed by atoms with Gasteiger partial charge in [-0.3, -0.25) is 4.98 Å². The van der Waals surface area contributed by atoms with E-state index in [1.165, 1.54) is 0 Å². The van der Waals surface area contributed by atoms with Gasteiger partial charge in [0, 0.05) is 24.2 Å². The van der Waals surface area contributed by atoms with Crippen LogP contribution in [0, 0.1) is 18.6 Å². The van der Waals surface area contributed by atoms with Crippen LogP contribution in [-0.4, -0.2) is 15.0 Å². The number of pyridine rings is 1. The van der Waals surface area contributed by atoms with E-state index in [-0.39, 0.29) is 0 Å². The highest BCUT2D eigenvalue weighted by Crippen LogP contribution is 2.19. The first kappa shape index (κ1) is 9.98. The highest BCUT2D eigenvalue weighted by molar-refractivity contribution is 7.71. The van der Waals surface area contributed by atoms with Gasteiger partial charge in [-0.05, 0) is 43.3 Å². The van der Waals surface area contributed by atoms with Crippen molar-refractivity contribution < 1.29 is 0 Å². The maximum absolute atomic E-state index is 5.00. The van der Waals surface area contributed by atoms with E-state index in [1.807, 2.05) is 26.2 Å². The Hall–Kier alpha value is -1.55. The van der Waals surface area contributed by atoms with Gasteiger partial charge in [0.1, 0.15) is 0 Å². The van der Waals surface area contributed by atoms with E-state index < -0.39 is 0 Å². The van der Waals surface area contributed by atoms with E-state index >= 15 is 0 Å². The summed E-state index contributed by atoms with van der Waals surface area (Å²) in [6.07, 6.45) is 5.42. The predicted octanol–water partition coefficient (Wildman–Crippen LogP) is 2.82. The second-order valence-corrected chi connectivity index (χ2v) is 3.88. The van der Waals surface area contributed by atoms with Crippen molar-refractivity contribution >= 4 is 12.2 Å². The minimum Gasteiger partial charge on any atom is -0.330 e. The number of nitrogens with zero attached hydrogens (tertiary/aromatic N) is 2. The van der Waals surface area contributed by atoms with Crippen LogP contribution < -0.4 is 0 Å². The molecule has 2 aromatic rings. The highest BCUT2D eigenvalue weighted by Gasteiger charge is 2.02. The fraction of sp³-hybridized carbons (Fsp3) is 0.182. The summed E-state index contributed by atoms with van der Waals surface area (Å²) >= 11 is 5.00. The molecule has 3 nitrogen and oxygen atoms in total. The molecule has 1 N–H and O–H groups in total. The van der Waals surface area contributed by atoms with Crippen molar-refractivity contribution in [3.8, 4) is 11.3 Å². The van der Waals surface area contributed by atoms with Gasteiger partial charge in [-0.25, -0.2) is 4.98 Å². The zero-order valence-corrected chi connectivity index (χ0v) is 9.43. The lowest BCUT2D eigenvalue weighted by atomic mass is 10.1. The van der Waals surface area contributed by atoms with Gasteiger partial charge in [0.05, 0.1) is 5.69 Å². The Morgan fingerprint density at radius 1 is 1.20 bits per heavy atom. The third-order valence-corrected chi connectivity index (χ3v) is 2.37. The Morgan fingerprint density at radius 2 is 2.00 bits per heavy atom. The molecule has 0 saturated carbocycles. The molecule has 0 fully saturated rings. The van der Waals surface area contributed by atoms with Crippen LogP contribution >= 0.6 is 12.2 Å². The lowest BCUT2D eigenvalue weighted by molar-refractivity contribution is 1.10. The number of H-pyrrole nitrogens is 1. The van der Waals surface area contributed by atoms with Gasteiger partial charge in [-0.1, -0.05) is 0 Å². The second kappa shape index (κ2) is 3.90. The van der Waals surface area contributed by atoms with Gasteiger partial charge in [0.15, 0.2) is 4.77 Å². The minimum atomic E-state index is 0.497. The molecule has 2 rings (SSSR count). The Balaban J connectivity index is 2.63. The van der Waals surface area contributed by atoms with Gasteiger partial charge in [0.2, 0.25) is 0 Å². The molecule has 76 valence electrons. The standard InChI is InChI=1S/C11H11N3S/c1-7-3-9(6-12-4-7)10-8(2)5-13-11(15)14-10/h3-6H,1-2H3,(H,13,14,15). The van der Waals surface area contributed by atoms with E-state index in [2.05, 4.69) is 21.0 Å². The summed E-state index contributed by atoms with van der Waals surface area (Å²) < 4.78 is 0.497. The van der Waals surface area contributed by atoms with Crippen molar-refractivity contribution in [1.82, 2.24) is 15.0 Å². The van der Waals surface area contributed by atoms with E-state index in [0.29, 0.717) is 4.77 Å². The largest absolute Gasteiger partial charge is 0.330 e. The molecule has 0 amide bonds. The molecule has 0 aliphatic heterocycles. The van der Waals surface area contributed by atoms with E-state index in [1.54, 1.807) is 6.20 Å². The molecule has 0 radical (unpaired) electrons. The number of aromatic amines is 1. The molecule has 0 atom stereocenters. The molecule has 2 aromatic heterocycles. The van der Waals surface area contributed by atoms with E-state index in [4.69, 9.17) is 12.2 Å². The van der Waals surface area contributed by atoms with Crippen molar-refractivity contribution in [3.05, 3.63) is 40.6 Å². The molecule has 0 aliphatic rings. The fourth-order valence-electron chi connectivity index (χ4n) is 1.45. The molecular formula is C11H11N3S. The zero-order valence-electron chi connectivity index (χ0n) is 8.61. The summed E-state index contributed by atoms with van der Waals surface area (Å²) in [5.74, 6) is 0. The molecule has 0 aromatic carbocycles. The molecular weight excluding hydrogens is 206 g/mol. The molecule has 15 heavy (non-hydrogen) atoms. The Labute approximate surface area is 93.2 Å². The Bertz CT molecular complexity index is 546. The maximum Gasteiger partial charge on any atom is 0.197 e. The van der Waals surface area contributed by atoms with Crippen molar-refractivity contribution in [1.29, 1.82) is 0 Å². The van der Waals surface area contributed by atoms with Crippen LogP contribution in [0.1, 0.15) is 11.1 Å². The monoisotopic (exact) mass is 217 g/mol. The van der Waals surface area contributed by atoms with Crippen LogP contribution in [0.25, 0.3) is 11.3 Å². The Kier molecular flexibility index (Phi) is 2.60. The molecule has 0 bridgehead atoms. The van der Waals surface area contributed by atoms with Crippen molar-refractivity contribution in [2.75, 3.05) is 0 Å². The van der Waals surface area contributed by atoms with Crippen LogP contribution in [0.2, 0.25) is 0 Å². The first-order chi connectivity index (χ1) is 7.16. The van der Waals surface area contributed by atoms with Crippen molar-refractivity contribution in [3.63, 3.8) is 0 Å². The quantitative estimate of drug-likeness (QED) is 0.747. The summed E-state index contributed by atoms with van der Waals surface area (Å²) in [6.45, 7) is 4.01. The molecule has 0 unspecified atom stereocenters. The average molecular weight is 217 g/mol. The maximum atomic E-state index is 5.00. The highest BCUT2D eigenvalue weighted by atomic mass is 32.1. The summed E-state index contributed by atoms with van der Waals surface area (Å²) in [6, 6.07) is 2.07. The van der Waals surface area contributed by atoms with Gasteiger partial charge >= 0.3 is 0 Å². The number of hydrogen-bond donors (Lipinski definition) is 1. The number of aryl methyl sites for hydroxylation is 2. The SMILES string of the molecule is Cc1cncc(-c2[nH]c(=S)ncc2C)c1. The first-order valence-electron chi connectivity index (χ1n) is 4.65. The lowest BCUT2D eigenvalue weighted by Crippen LogP contribution is -1.92. The molecule has 0 spiro atoms. The smallest absolute Gasteiger partial charge is 0.197 e. The third kappa shape index (κ3) is 2.10. The predicted molar refractivity (Wildman–Crippen MR) is 62.1 cm³/mol. The van der Waals surface area contributed by atoms with E-state index in [9.17, 15) is 0 Å². The third-order valence-electron chi connectivity index (χ3n) is 2.17. The van der Waals surface area contributed by atoms with Crippen molar-refractivity contribution in [2.24, 2.45) is 0 Å². The first-order valence-corrected chi connectivity index (χ1v) is 5.05. The normalized spacial score (nSPS) is 10.3. The average Bonchev–Trinajstić information content (AvgIpc) is 2.22. The van der Waals surface area contributed by atoms with Crippen LogP contribution in [-0.2, 0) is 0 Å². The summed E-state index contributed by atoms with van der Waals surface area (Å²) in [5, 5.41) is 0. The van der Waals surface area contributed by atoms with Gasteiger partial charge < -0.3 is 4.98 Å². The summed E-state index contributed by atoms with van der Waals surface area (Å²) in [5.41, 5.74) is 4.23. The van der Waals surface area contributed by atoms with Crippen LogP contribution in [0.5, 0.6) is 0 Å². The lowest BCUT2D eigenvalue weighted by Gasteiger charge is -2.05. The van der Waals surface area contributed by atoms with Gasteiger partial charge in [0.25, 0.3) is 0 Å². The molecule has 2 heterocycles. The fourth-order valence-corrected chi connectivity index (χ4v) is 1.60. The number of hydrogen-bond acceptors (Lipinski definition) is 3. The summed E-state index contributed by atoms with van der Waals surface area (Å²) in [7, 11) is 0. The minimum absolute atomic E-state index is 0.497. The Morgan fingerprint density at radius 3 is 2.73 bits per heavy atom.